The monoisotopic (exact) mass is 455 g/mol. The Labute approximate surface area is 184 Å². The summed E-state index contributed by atoms with van der Waals surface area (Å²) in [6, 6.07) is 3.03. The highest BCUT2D eigenvalue weighted by Gasteiger charge is 2.35. The third kappa shape index (κ3) is 3.98. The number of carbonyl (C=O) groups excluding carboxylic acids is 8. The van der Waals surface area contributed by atoms with Gasteiger partial charge in [0.2, 0.25) is 11.8 Å². The molecular weight excluding hydrogens is 442 g/mol. The lowest BCUT2D eigenvalue weighted by atomic mass is 10.1. The van der Waals surface area contributed by atoms with Crippen molar-refractivity contribution in [3.8, 4) is 0 Å². The van der Waals surface area contributed by atoms with E-state index in [2.05, 4.69) is 0 Å². The normalized spacial score (nSPS) is 18.1. The molecule has 0 N–H and O–H groups in total. The SMILES string of the molecule is O=C(ON1C(=O)C=CC1=O)c1cc(C(=O)ON2C(=O)CCC2=O)cc(N2C(=O)CCC2=O)c1. The molecule has 168 valence electrons. The molecule has 33 heavy (non-hydrogen) atoms. The smallest absolute Gasteiger partial charge is 0.325 e. The molecule has 0 atom stereocenters. The van der Waals surface area contributed by atoms with Crippen LogP contribution in [0.15, 0.2) is 30.4 Å². The van der Waals surface area contributed by atoms with Gasteiger partial charge in [0.05, 0.1) is 16.8 Å². The van der Waals surface area contributed by atoms with E-state index in [-0.39, 0.29) is 41.5 Å². The molecule has 0 radical (unpaired) electrons. The van der Waals surface area contributed by atoms with Crippen molar-refractivity contribution in [2.45, 2.75) is 25.7 Å². The minimum Gasteiger partial charge on any atom is -0.325 e. The molecule has 13 heteroatoms. The summed E-state index contributed by atoms with van der Waals surface area (Å²) in [6.07, 6.45) is 1.28. The van der Waals surface area contributed by atoms with Gasteiger partial charge in [0.25, 0.3) is 23.6 Å². The molecule has 1 aromatic rings. The number of carbonyl (C=O) groups is 8. The lowest BCUT2D eigenvalue weighted by Crippen LogP contribution is -2.34. The topological polar surface area (TPSA) is 165 Å². The Morgan fingerprint density at radius 3 is 1.52 bits per heavy atom. The molecule has 0 aliphatic carbocycles. The zero-order chi connectivity index (χ0) is 23.9. The molecule has 0 spiro atoms. The number of benzene rings is 1. The van der Waals surface area contributed by atoms with Crippen LogP contribution in [-0.4, -0.2) is 57.5 Å². The van der Waals surface area contributed by atoms with E-state index < -0.39 is 58.5 Å². The van der Waals surface area contributed by atoms with Crippen molar-refractivity contribution in [2.75, 3.05) is 4.90 Å². The molecule has 6 amide bonds. The molecule has 1 aromatic carbocycles. The number of hydrogen-bond acceptors (Lipinski definition) is 10. The van der Waals surface area contributed by atoms with Crippen molar-refractivity contribution < 1.29 is 48.0 Å². The number of hydrogen-bond donors (Lipinski definition) is 0. The van der Waals surface area contributed by atoms with Crippen LogP contribution in [0, 0.1) is 0 Å². The van der Waals surface area contributed by atoms with Crippen LogP contribution >= 0.6 is 0 Å². The van der Waals surface area contributed by atoms with Gasteiger partial charge in [-0.15, -0.1) is 5.06 Å². The highest BCUT2D eigenvalue weighted by molar-refractivity contribution is 6.20. The highest BCUT2D eigenvalue weighted by Crippen LogP contribution is 2.27. The van der Waals surface area contributed by atoms with Gasteiger partial charge < -0.3 is 9.68 Å². The molecule has 3 heterocycles. The van der Waals surface area contributed by atoms with Crippen LogP contribution in [0.2, 0.25) is 0 Å². The molecule has 13 nitrogen and oxygen atoms in total. The summed E-state index contributed by atoms with van der Waals surface area (Å²) in [7, 11) is 0. The van der Waals surface area contributed by atoms with Crippen LogP contribution in [-0.2, 0) is 38.4 Å². The molecule has 0 saturated carbocycles. The first-order valence-corrected chi connectivity index (χ1v) is 9.53. The second-order valence-electron chi connectivity index (χ2n) is 7.03. The lowest BCUT2D eigenvalue weighted by molar-refractivity contribution is -0.172. The second kappa shape index (κ2) is 8.11. The average Bonchev–Trinajstić information content (AvgIpc) is 3.40. The Balaban J connectivity index is 1.67. The zero-order valence-corrected chi connectivity index (χ0v) is 16.6. The van der Waals surface area contributed by atoms with E-state index in [0.717, 1.165) is 35.3 Å². The number of anilines is 1. The summed E-state index contributed by atoms with van der Waals surface area (Å²) in [5.74, 6) is -7.00. The van der Waals surface area contributed by atoms with E-state index in [1.165, 1.54) is 0 Å². The standard InChI is InChI=1S/C20H13N3O10/c24-13-1-2-14(25)21(13)12-8-10(19(30)32-22-15(26)3-4-16(22)27)7-11(9-12)20(31)33-23-17(28)5-6-18(23)29/h3-4,7-9H,1-2,5-6H2. The van der Waals surface area contributed by atoms with Crippen molar-refractivity contribution in [3.05, 3.63) is 41.5 Å². The lowest BCUT2D eigenvalue weighted by Gasteiger charge is -2.18. The Morgan fingerprint density at radius 2 is 1.03 bits per heavy atom. The maximum atomic E-state index is 12.6. The van der Waals surface area contributed by atoms with Crippen molar-refractivity contribution >= 4 is 53.1 Å². The molecule has 3 aliphatic rings. The first-order chi connectivity index (χ1) is 15.7. The van der Waals surface area contributed by atoms with Gasteiger partial charge in [0.1, 0.15) is 0 Å². The summed E-state index contributed by atoms with van der Waals surface area (Å²) in [6.45, 7) is 0. The molecule has 4 rings (SSSR count). The van der Waals surface area contributed by atoms with E-state index in [1.807, 2.05) is 0 Å². The van der Waals surface area contributed by atoms with Gasteiger partial charge in [-0.25, -0.2) is 9.59 Å². The first-order valence-electron chi connectivity index (χ1n) is 9.53. The Kier molecular flexibility index (Phi) is 5.29. The number of rotatable bonds is 5. The van der Waals surface area contributed by atoms with Crippen molar-refractivity contribution in [1.29, 1.82) is 0 Å². The number of amides is 6. The number of imide groups is 3. The quantitative estimate of drug-likeness (QED) is 0.531. The van der Waals surface area contributed by atoms with Gasteiger partial charge in [0, 0.05) is 37.8 Å². The summed E-state index contributed by atoms with van der Waals surface area (Å²) < 4.78 is 0. The fourth-order valence-electron chi connectivity index (χ4n) is 3.25. The summed E-state index contributed by atoms with van der Waals surface area (Å²) >= 11 is 0. The van der Waals surface area contributed by atoms with Gasteiger partial charge in [0.15, 0.2) is 0 Å². The van der Waals surface area contributed by atoms with E-state index in [1.54, 1.807) is 0 Å². The van der Waals surface area contributed by atoms with Crippen molar-refractivity contribution in [1.82, 2.24) is 10.1 Å². The van der Waals surface area contributed by atoms with Crippen molar-refractivity contribution in [2.24, 2.45) is 0 Å². The second-order valence-corrected chi connectivity index (χ2v) is 7.03. The van der Waals surface area contributed by atoms with Gasteiger partial charge in [-0.3, -0.25) is 33.7 Å². The van der Waals surface area contributed by atoms with Crippen LogP contribution in [0.3, 0.4) is 0 Å². The predicted molar refractivity (Wildman–Crippen MR) is 101 cm³/mol. The Hall–Kier alpha value is -4.68. The van der Waals surface area contributed by atoms with E-state index >= 15 is 0 Å². The van der Waals surface area contributed by atoms with Gasteiger partial charge in [-0.05, 0) is 18.2 Å². The maximum Gasteiger partial charge on any atom is 0.364 e. The van der Waals surface area contributed by atoms with E-state index in [4.69, 9.17) is 9.68 Å². The van der Waals surface area contributed by atoms with Gasteiger partial charge >= 0.3 is 11.9 Å². The summed E-state index contributed by atoms with van der Waals surface area (Å²) in [4.78, 5) is 107. The maximum absolute atomic E-state index is 12.6. The molecule has 2 fully saturated rings. The Bertz CT molecular complexity index is 1120. The van der Waals surface area contributed by atoms with Crippen LogP contribution < -0.4 is 4.90 Å². The summed E-state index contributed by atoms with van der Waals surface area (Å²) in [5.41, 5.74) is -1.00. The fraction of sp³-hybridized carbons (Fsp3) is 0.200. The van der Waals surface area contributed by atoms with Gasteiger partial charge in [-0.1, -0.05) is 5.06 Å². The largest absolute Gasteiger partial charge is 0.364 e. The fourth-order valence-corrected chi connectivity index (χ4v) is 3.25. The molecule has 0 unspecified atom stereocenters. The molecule has 0 aromatic heterocycles. The van der Waals surface area contributed by atoms with Gasteiger partial charge in [-0.2, -0.15) is 0 Å². The van der Waals surface area contributed by atoms with Crippen LogP contribution in [0.1, 0.15) is 46.4 Å². The summed E-state index contributed by atoms with van der Waals surface area (Å²) in [5, 5.41) is 0.465. The minimum absolute atomic E-state index is 0.0908. The first kappa shape index (κ1) is 21.5. The van der Waals surface area contributed by atoms with E-state index in [9.17, 15) is 38.4 Å². The third-order valence-electron chi connectivity index (χ3n) is 4.82. The van der Waals surface area contributed by atoms with Crippen molar-refractivity contribution in [3.63, 3.8) is 0 Å². The molecule has 2 saturated heterocycles. The Morgan fingerprint density at radius 1 is 0.606 bits per heavy atom. The average molecular weight is 455 g/mol. The number of hydroxylamine groups is 4. The van der Waals surface area contributed by atoms with E-state index in [0.29, 0.717) is 0 Å². The third-order valence-corrected chi connectivity index (χ3v) is 4.82. The van der Waals surface area contributed by atoms with Crippen LogP contribution in [0.4, 0.5) is 5.69 Å². The van der Waals surface area contributed by atoms with Crippen LogP contribution in [0.5, 0.6) is 0 Å². The molecule has 0 bridgehead atoms. The zero-order valence-electron chi connectivity index (χ0n) is 16.6. The molecule has 3 aliphatic heterocycles. The minimum atomic E-state index is -1.26. The highest BCUT2D eigenvalue weighted by atomic mass is 16.7. The number of nitrogens with zero attached hydrogens (tertiary/aromatic N) is 3. The van der Waals surface area contributed by atoms with Crippen LogP contribution in [0.25, 0.3) is 0 Å². The predicted octanol–water partition coefficient (Wildman–Crippen LogP) is -0.442. The molecular formula is C20H13N3O10.